The fourth-order valence-corrected chi connectivity index (χ4v) is 7.90. The second-order valence-electron chi connectivity index (χ2n) is 14.6. The number of anilines is 2. The minimum Gasteiger partial charge on any atom is -0.486 e. The van der Waals surface area contributed by atoms with Gasteiger partial charge in [0.25, 0.3) is 11.8 Å². The molecule has 4 aromatic rings. The molecule has 272 valence electrons. The average Bonchev–Trinajstić information content (AvgIpc) is 3.16. The summed E-state index contributed by atoms with van der Waals surface area (Å²) in [5, 5.41) is 10.2. The van der Waals surface area contributed by atoms with Gasteiger partial charge in [-0.2, -0.15) is 0 Å². The third-order valence-corrected chi connectivity index (χ3v) is 10.7. The molecule has 52 heavy (non-hydrogen) atoms. The first-order chi connectivity index (χ1) is 25.4. The van der Waals surface area contributed by atoms with E-state index in [4.69, 9.17) is 18.9 Å². The molecule has 3 N–H and O–H groups in total. The van der Waals surface area contributed by atoms with Crippen molar-refractivity contribution in [1.29, 1.82) is 0 Å². The molecular weight excluding hydrogens is 658 g/mol. The third-order valence-electron chi connectivity index (χ3n) is 10.7. The van der Waals surface area contributed by atoms with Crippen LogP contribution in [0.15, 0.2) is 60.7 Å². The van der Waals surface area contributed by atoms with Crippen LogP contribution in [0.2, 0.25) is 0 Å². The summed E-state index contributed by atoms with van der Waals surface area (Å²) in [6.45, 7) is 8.01. The zero-order valence-electron chi connectivity index (χ0n) is 29.7. The number of aromatic nitrogens is 1. The molecule has 1 aromatic heterocycles. The maximum absolute atomic E-state index is 11.6. The zero-order chi connectivity index (χ0) is 35.4. The van der Waals surface area contributed by atoms with E-state index in [9.17, 15) is 9.59 Å². The van der Waals surface area contributed by atoms with Gasteiger partial charge in [-0.05, 0) is 143 Å². The summed E-state index contributed by atoms with van der Waals surface area (Å²) in [6.07, 6.45) is 6.89. The van der Waals surface area contributed by atoms with Crippen LogP contribution in [-0.2, 0) is 22.4 Å². The number of piperidine rings is 2. The number of hydrogen-bond acceptors (Lipinski definition) is 9. The molecule has 11 heteroatoms. The van der Waals surface area contributed by atoms with Crippen LogP contribution in [-0.4, -0.2) is 80.3 Å². The van der Waals surface area contributed by atoms with E-state index in [1.807, 2.05) is 37.3 Å². The highest BCUT2D eigenvalue weighted by Gasteiger charge is 2.28. The number of hydrogen-bond donors (Lipinski definition) is 3. The van der Waals surface area contributed by atoms with Crippen molar-refractivity contribution >= 4 is 34.1 Å². The Balaban J connectivity index is 0.000000181. The summed E-state index contributed by atoms with van der Waals surface area (Å²) >= 11 is 0. The van der Waals surface area contributed by atoms with E-state index in [0.717, 1.165) is 115 Å². The van der Waals surface area contributed by atoms with Crippen LogP contribution in [0.4, 0.5) is 11.4 Å². The minimum absolute atomic E-state index is 0.0141. The molecule has 0 aliphatic carbocycles. The molecule has 0 unspecified atom stereocenters. The van der Waals surface area contributed by atoms with E-state index < -0.39 is 0 Å². The van der Waals surface area contributed by atoms with Gasteiger partial charge in [-0.1, -0.05) is 12.1 Å². The van der Waals surface area contributed by atoms with Crippen molar-refractivity contribution in [1.82, 2.24) is 15.2 Å². The summed E-state index contributed by atoms with van der Waals surface area (Å²) < 4.78 is 23.3. The van der Waals surface area contributed by atoms with Gasteiger partial charge in [0.05, 0.1) is 16.9 Å². The molecule has 11 nitrogen and oxygen atoms in total. The molecule has 0 radical (unpaired) electrons. The van der Waals surface area contributed by atoms with E-state index in [-0.39, 0.29) is 31.1 Å². The number of carbonyl (C=O) groups is 2. The normalized spacial score (nSPS) is 20.3. The molecule has 2 saturated heterocycles. The van der Waals surface area contributed by atoms with Crippen LogP contribution in [0.3, 0.4) is 0 Å². The Kier molecular flexibility index (Phi) is 10.1. The fourth-order valence-electron chi connectivity index (χ4n) is 7.90. The highest BCUT2D eigenvalue weighted by Crippen LogP contribution is 2.39. The first-order valence-corrected chi connectivity index (χ1v) is 18.7. The monoisotopic (exact) mass is 705 g/mol. The number of amides is 2. The second-order valence-corrected chi connectivity index (χ2v) is 14.6. The van der Waals surface area contributed by atoms with Crippen LogP contribution >= 0.6 is 0 Å². The summed E-state index contributed by atoms with van der Waals surface area (Å²) in [5.41, 5.74) is 6.08. The molecule has 2 fully saturated rings. The number of carbonyl (C=O) groups excluding carboxylic acids is 2. The van der Waals surface area contributed by atoms with Gasteiger partial charge in [0.2, 0.25) is 0 Å². The summed E-state index contributed by atoms with van der Waals surface area (Å²) in [6, 6.07) is 20.3. The lowest BCUT2D eigenvalue weighted by Gasteiger charge is -2.36. The van der Waals surface area contributed by atoms with Gasteiger partial charge >= 0.3 is 0 Å². The highest BCUT2D eigenvalue weighted by atomic mass is 16.6. The maximum atomic E-state index is 11.6. The molecule has 9 rings (SSSR count). The predicted octanol–water partition coefficient (Wildman–Crippen LogP) is 5.53. The Morgan fingerprint density at radius 2 is 1.35 bits per heavy atom. The van der Waals surface area contributed by atoms with Crippen LogP contribution in [0, 0.1) is 18.8 Å². The number of rotatable bonds is 6. The maximum Gasteiger partial charge on any atom is 0.262 e. The quantitative estimate of drug-likeness (QED) is 0.238. The Morgan fingerprint density at radius 1 is 0.731 bits per heavy atom. The molecule has 5 aliphatic rings. The third kappa shape index (κ3) is 8.11. The Morgan fingerprint density at radius 3 is 2.00 bits per heavy atom. The van der Waals surface area contributed by atoms with Crippen molar-refractivity contribution in [2.75, 3.05) is 63.2 Å². The van der Waals surface area contributed by atoms with Gasteiger partial charge in [0.15, 0.2) is 24.7 Å². The van der Waals surface area contributed by atoms with E-state index in [1.165, 1.54) is 24.0 Å². The Hall–Kier alpha value is -4.87. The molecule has 2 amide bonds. The molecule has 3 aromatic carbocycles. The lowest BCUT2D eigenvalue weighted by molar-refractivity contribution is -0.119. The van der Waals surface area contributed by atoms with E-state index in [1.54, 1.807) is 0 Å². The Bertz CT molecular complexity index is 1940. The smallest absolute Gasteiger partial charge is 0.262 e. The standard InChI is InChI=1S/C27H29N3O4.C14H18N2O2/c1-17-2-4-21-22(28-17)5-7-25-27(21)34-20(15-32-25)14-30-10-8-18(9-11-30)12-19-3-6-24-23(13-19)29-26(31)16-33-24;17-14-9-18-13-2-1-11(8-12(13)16-14)7-10-3-5-15-6-4-10/h2-7,13,18,20H,8-12,14-16H2,1H3,(H,29,31);1-2,8,10,15H,3-7,9H2,(H,16,17)/t20-;/m0./s1. The molecule has 0 bridgehead atoms. The van der Waals surface area contributed by atoms with Gasteiger partial charge in [0.1, 0.15) is 24.2 Å². The van der Waals surface area contributed by atoms with E-state index >= 15 is 0 Å². The van der Waals surface area contributed by atoms with Crippen LogP contribution in [0.25, 0.3) is 10.9 Å². The minimum atomic E-state index is -0.0890. The van der Waals surface area contributed by atoms with Crippen molar-refractivity contribution in [2.45, 2.75) is 51.6 Å². The predicted molar refractivity (Wildman–Crippen MR) is 200 cm³/mol. The number of fused-ring (bicyclic) bond motifs is 5. The summed E-state index contributed by atoms with van der Waals surface area (Å²) in [7, 11) is 0. The summed E-state index contributed by atoms with van der Waals surface area (Å²) in [4.78, 5) is 30.0. The first kappa shape index (κ1) is 34.2. The van der Waals surface area contributed by atoms with Crippen LogP contribution in [0.5, 0.6) is 23.0 Å². The van der Waals surface area contributed by atoms with Crippen LogP contribution < -0.4 is 34.9 Å². The van der Waals surface area contributed by atoms with Gasteiger partial charge < -0.3 is 34.9 Å². The Labute approximate surface area is 304 Å². The number of pyridine rings is 1. The van der Waals surface area contributed by atoms with E-state index in [2.05, 4.69) is 56.2 Å². The number of aryl methyl sites for hydroxylation is 1. The highest BCUT2D eigenvalue weighted by molar-refractivity contribution is 5.96. The van der Waals surface area contributed by atoms with E-state index in [0.29, 0.717) is 12.5 Å². The van der Waals surface area contributed by atoms with Crippen molar-refractivity contribution in [3.63, 3.8) is 0 Å². The lowest BCUT2D eigenvalue weighted by Crippen LogP contribution is -2.44. The lowest BCUT2D eigenvalue weighted by atomic mass is 9.90. The topological polar surface area (TPSA) is 123 Å². The van der Waals surface area contributed by atoms with Crippen molar-refractivity contribution < 1.29 is 28.5 Å². The number of likely N-dealkylation sites (tertiary alicyclic amines) is 1. The average molecular weight is 706 g/mol. The molecule has 6 heterocycles. The molecule has 5 aliphatic heterocycles. The largest absolute Gasteiger partial charge is 0.486 e. The SMILES string of the molecule is Cc1ccc2c3c(ccc2n1)OC[C@H](CN1CCC(Cc2ccc4c(c2)NC(=O)CO4)CC1)O3.O=C1COc2ccc(CC3CCNCC3)cc2N1. The van der Waals surface area contributed by atoms with Crippen molar-refractivity contribution in [3.8, 4) is 23.0 Å². The zero-order valence-corrected chi connectivity index (χ0v) is 29.7. The van der Waals surface area contributed by atoms with Gasteiger partial charge in [-0.15, -0.1) is 0 Å². The van der Waals surface area contributed by atoms with Gasteiger partial charge in [-0.25, -0.2) is 0 Å². The molecule has 1 atom stereocenters. The van der Waals surface area contributed by atoms with Crippen LogP contribution in [0.1, 0.15) is 42.5 Å². The molecule has 0 spiro atoms. The summed E-state index contributed by atoms with van der Waals surface area (Å²) in [5.74, 6) is 4.40. The first-order valence-electron chi connectivity index (χ1n) is 18.7. The second kappa shape index (κ2) is 15.4. The van der Waals surface area contributed by atoms with Gasteiger partial charge in [0, 0.05) is 17.6 Å². The number of nitrogens with one attached hydrogen (secondary N) is 3. The van der Waals surface area contributed by atoms with Gasteiger partial charge in [-0.3, -0.25) is 19.5 Å². The number of ether oxygens (including phenoxy) is 4. The fraction of sp³-hybridized carbons (Fsp3) is 0.439. The number of nitrogens with zero attached hydrogens (tertiary/aromatic N) is 2. The van der Waals surface area contributed by atoms with Crippen molar-refractivity contribution in [2.24, 2.45) is 11.8 Å². The van der Waals surface area contributed by atoms with Crippen molar-refractivity contribution in [3.05, 3.63) is 77.5 Å². The molecular formula is C41H47N5O6. The number of benzene rings is 3. The molecule has 0 saturated carbocycles.